The van der Waals surface area contributed by atoms with Crippen LogP contribution in [0.1, 0.15) is 48.6 Å². The van der Waals surface area contributed by atoms with Crippen molar-refractivity contribution in [2.45, 2.75) is 56.1 Å². The number of rotatable bonds is 2. The highest BCUT2D eigenvalue weighted by molar-refractivity contribution is 9.09. The summed E-state index contributed by atoms with van der Waals surface area (Å²) in [6.07, 6.45) is 7.19. The van der Waals surface area contributed by atoms with Crippen LogP contribution in [0.15, 0.2) is 24.3 Å². The first-order valence-electron chi connectivity index (χ1n) is 7.11. The lowest BCUT2D eigenvalue weighted by molar-refractivity contribution is 0.0393. The van der Waals surface area contributed by atoms with E-state index in [1.165, 1.54) is 43.2 Å². The number of aryl methyl sites for hydroxylation is 1. The first kappa shape index (κ1) is 12.7. The molecule has 0 bridgehead atoms. The number of halogens is 1. The van der Waals surface area contributed by atoms with Gasteiger partial charge in [-0.3, -0.25) is 0 Å². The Morgan fingerprint density at radius 3 is 2.83 bits per heavy atom. The molecule has 3 rings (SSSR count). The predicted molar refractivity (Wildman–Crippen MR) is 78.1 cm³/mol. The second kappa shape index (κ2) is 5.34. The summed E-state index contributed by atoms with van der Waals surface area (Å²) in [5.74, 6) is 0.732. The molecule has 1 aliphatic heterocycles. The van der Waals surface area contributed by atoms with E-state index >= 15 is 0 Å². The van der Waals surface area contributed by atoms with Crippen LogP contribution in [-0.4, -0.2) is 12.2 Å². The molecule has 2 heteroatoms. The van der Waals surface area contributed by atoms with E-state index in [4.69, 9.17) is 4.74 Å². The minimum absolute atomic E-state index is 0.472. The van der Waals surface area contributed by atoms with Crippen LogP contribution in [0.5, 0.6) is 0 Å². The topological polar surface area (TPSA) is 9.23 Å². The summed E-state index contributed by atoms with van der Waals surface area (Å²) in [6.45, 7) is 2.20. The number of ether oxygens (including phenoxy) is 1. The molecule has 0 aromatic heterocycles. The summed E-state index contributed by atoms with van der Waals surface area (Å²) in [6, 6.07) is 8.86. The van der Waals surface area contributed by atoms with E-state index in [-0.39, 0.29) is 0 Å². The van der Waals surface area contributed by atoms with E-state index in [1.807, 2.05) is 0 Å². The van der Waals surface area contributed by atoms with Crippen LogP contribution < -0.4 is 0 Å². The second-order valence-electron chi connectivity index (χ2n) is 5.78. The lowest BCUT2D eigenvalue weighted by Crippen LogP contribution is -2.22. The average Bonchev–Trinajstić information content (AvgIpc) is 2.79. The number of benzene rings is 1. The van der Waals surface area contributed by atoms with Crippen molar-refractivity contribution in [2.24, 2.45) is 5.92 Å². The van der Waals surface area contributed by atoms with Crippen LogP contribution >= 0.6 is 15.9 Å². The SMILES string of the molecule is CC1CCC(CC2CCc3ccccc3C2Br)O1. The third-order valence-electron chi connectivity index (χ3n) is 4.44. The van der Waals surface area contributed by atoms with Gasteiger partial charge in [-0.2, -0.15) is 0 Å². The fourth-order valence-electron chi connectivity index (χ4n) is 3.41. The molecule has 0 radical (unpaired) electrons. The molecule has 4 atom stereocenters. The smallest absolute Gasteiger partial charge is 0.0582 e. The normalized spacial score (nSPS) is 35.4. The maximum atomic E-state index is 5.98. The van der Waals surface area contributed by atoms with Gasteiger partial charge in [0.15, 0.2) is 0 Å². The zero-order valence-corrected chi connectivity index (χ0v) is 12.5. The zero-order valence-electron chi connectivity index (χ0n) is 10.9. The molecule has 4 unspecified atom stereocenters. The van der Waals surface area contributed by atoms with Crippen LogP contribution in [-0.2, 0) is 11.2 Å². The first-order valence-corrected chi connectivity index (χ1v) is 8.03. The van der Waals surface area contributed by atoms with Gasteiger partial charge >= 0.3 is 0 Å². The summed E-state index contributed by atoms with van der Waals surface area (Å²) in [5, 5.41) is 0. The van der Waals surface area contributed by atoms with Gasteiger partial charge in [-0.25, -0.2) is 0 Å². The summed E-state index contributed by atoms with van der Waals surface area (Å²) >= 11 is 3.92. The third kappa shape index (κ3) is 2.50. The molecule has 1 aromatic carbocycles. The Morgan fingerprint density at radius 2 is 2.06 bits per heavy atom. The predicted octanol–water partition coefficient (Wildman–Crippen LogP) is 4.64. The third-order valence-corrected chi connectivity index (χ3v) is 5.68. The Bertz CT molecular complexity index is 417. The van der Waals surface area contributed by atoms with Gasteiger partial charge in [-0.15, -0.1) is 0 Å². The maximum absolute atomic E-state index is 5.98. The van der Waals surface area contributed by atoms with Crippen molar-refractivity contribution < 1.29 is 4.74 Å². The molecule has 1 fully saturated rings. The van der Waals surface area contributed by atoms with Crippen molar-refractivity contribution in [3.8, 4) is 0 Å². The molecule has 2 aliphatic rings. The van der Waals surface area contributed by atoms with E-state index in [9.17, 15) is 0 Å². The van der Waals surface area contributed by atoms with Crippen LogP contribution in [0.2, 0.25) is 0 Å². The number of alkyl halides is 1. The van der Waals surface area contributed by atoms with Gasteiger partial charge < -0.3 is 4.74 Å². The van der Waals surface area contributed by atoms with Crippen molar-refractivity contribution in [3.05, 3.63) is 35.4 Å². The molecule has 1 aromatic rings. The Hall–Kier alpha value is -0.340. The molecular weight excluding hydrogens is 288 g/mol. The van der Waals surface area contributed by atoms with E-state index < -0.39 is 0 Å². The Kier molecular flexibility index (Phi) is 3.76. The lowest BCUT2D eigenvalue weighted by atomic mass is 9.81. The highest BCUT2D eigenvalue weighted by Crippen LogP contribution is 2.43. The Morgan fingerprint density at radius 1 is 1.22 bits per heavy atom. The van der Waals surface area contributed by atoms with Crippen molar-refractivity contribution in [1.29, 1.82) is 0 Å². The molecule has 1 aliphatic carbocycles. The highest BCUT2D eigenvalue weighted by atomic mass is 79.9. The van der Waals surface area contributed by atoms with E-state index in [0.717, 1.165) is 5.92 Å². The number of hydrogen-bond donors (Lipinski definition) is 0. The fourth-order valence-corrected chi connectivity index (χ4v) is 4.33. The molecule has 1 nitrogen and oxygen atoms in total. The quantitative estimate of drug-likeness (QED) is 0.723. The van der Waals surface area contributed by atoms with Crippen molar-refractivity contribution in [1.82, 2.24) is 0 Å². The maximum Gasteiger partial charge on any atom is 0.0582 e. The molecule has 1 heterocycles. The van der Waals surface area contributed by atoms with Gasteiger partial charge in [0, 0.05) is 4.83 Å². The minimum atomic E-state index is 0.472. The molecule has 0 N–H and O–H groups in total. The van der Waals surface area contributed by atoms with E-state index in [2.05, 4.69) is 47.1 Å². The minimum Gasteiger partial charge on any atom is -0.375 e. The lowest BCUT2D eigenvalue weighted by Gasteiger charge is -2.31. The van der Waals surface area contributed by atoms with Crippen molar-refractivity contribution >= 4 is 15.9 Å². The van der Waals surface area contributed by atoms with Crippen LogP contribution in [0, 0.1) is 5.92 Å². The summed E-state index contributed by atoms with van der Waals surface area (Å²) < 4.78 is 5.98. The largest absolute Gasteiger partial charge is 0.375 e. The Balaban J connectivity index is 1.69. The summed E-state index contributed by atoms with van der Waals surface area (Å²) in [5.41, 5.74) is 3.02. The van der Waals surface area contributed by atoms with Crippen LogP contribution in [0.3, 0.4) is 0 Å². The standard InChI is InChI=1S/C16H21BrO/c1-11-6-9-14(18-11)10-13-8-7-12-4-2-3-5-15(12)16(13)17/h2-5,11,13-14,16H,6-10H2,1H3. The second-order valence-corrected chi connectivity index (χ2v) is 6.77. The van der Waals surface area contributed by atoms with Gasteiger partial charge in [-0.05, 0) is 56.1 Å². The molecular formula is C16H21BrO. The molecule has 0 amide bonds. The van der Waals surface area contributed by atoms with E-state index in [0.29, 0.717) is 17.0 Å². The number of hydrogen-bond acceptors (Lipinski definition) is 1. The van der Waals surface area contributed by atoms with Gasteiger partial charge in [-0.1, -0.05) is 40.2 Å². The van der Waals surface area contributed by atoms with Gasteiger partial charge in [0.05, 0.1) is 12.2 Å². The summed E-state index contributed by atoms with van der Waals surface area (Å²) in [4.78, 5) is 0.516. The number of fused-ring (bicyclic) bond motifs is 1. The molecule has 0 spiro atoms. The molecule has 98 valence electrons. The Labute approximate surface area is 118 Å². The zero-order chi connectivity index (χ0) is 12.5. The average molecular weight is 309 g/mol. The van der Waals surface area contributed by atoms with Gasteiger partial charge in [0.25, 0.3) is 0 Å². The van der Waals surface area contributed by atoms with Crippen molar-refractivity contribution in [2.75, 3.05) is 0 Å². The molecule has 18 heavy (non-hydrogen) atoms. The monoisotopic (exact) mass is 308 g/mol. The summed E-state index contributed by atoms with van der Waals surface area (Å²) in [7, 11) is 0. The fraction of sp³-hybridized carbons (Fsp3) is 0.625. The van der Waals surface area contributed by atoms with Gasteiger partial charge in [0.1, 0.15) is 0 Å². The van der Waals surface area contributed by atoms with Crippen LogP contribution in [0.25, 0.3) is 0 Å². The van der Waals surface area contributed by atoms with Crippen molar-refractivity contribution in [3.63, 3.8) is 0 Å². The molecule has 1 saturated heterocycles. The highest BCUT2D eigenvalue weighted by Gasteiger charge is 2.31. The first-order chi connectivity index (χ1) is 8.74. The van der Waals surface area contributed by atoms with Crippen LogP contribution in [0.4, 0.5) is 0 Å². The van der Waals surface area contributed by atoms with Gasteiger partial charge in [0.2, 0.25) is 0 Å². The van der Waals surface area contributed by atoms with E-state index in [1.54, 1.807) is 0 Å². The molecule has 0 saturated carbocycles.